The predicted molar refractivity (Wildman–Crippen MR) is 27.1 cm³/mol. The van der Waals surface area contributed by atoms with Crippen molar-refractivity contribution >= 4 is 23.0 Å². The van der Waals surface area contributed by atoms with E-state index in [0.717, 1.165) is 0 Å². The molecule has 0 aromatic rings. The topological polar surface area (TPSA) is 0 Å². The molecule has 0 saturated carbocycles. The van der Waals surface area contributed by atoms with Crippen molar-refractivity contribution < 1.29 is 0 Å². The van der Waals surface area contributed by atoms with E-state index < -0.39 is 0 Å². The summed E-state index contributed by atoms with van der Waals surface area (Å²) in [7, 11) is 5.53. The van der Waals surface area contributed by atoms with E-state index in [1.54, 1.807) is 0 Å². The highest BCUT2D eigenvalue weighted by molar-refractivity contribution is 7.78. The molecule has 0 aliphatic heterocycles. The van der Waals surface area contributed by atoms with Gasteiger partial charge in [-0.2, -0.15) is 8.46 Å². The Hall–Kier alpha value is 0.560. The van der Waals surface area contributed by atoms with Gasteiger partial charge in [0.05, 0.1) is 6.85 Å². The Morgan fingerprint density at radius 2 is 2.75 bits per heavy atom. The fraction of sp³-hybridized carbons (Fsp3) is 1.00. The second-order valence-corrected chi connectivity index (χ2v) is 1.37. The SMILES string of the molecule is [2H]B([B])PC. The quantitative estimate of drug-likeness (QED) is 0.294. The molecule has 0 heterocycles. The van der Waals surface area contributed by atoms with Crippen molar-refractivity contribution in [1.29, 1.82) is 1.34 Å². The summed E-state index contributed by atoms with van der Waals surface area (Å²) in [5.41, 5.74) is 0. The molecule has 0 aromatic carbocycles. The first-order valence-electron chi connectivity index (χ1n) is 1.70. The number of hydrogen-bond acceptors (Lipinski definition) is 0. The van der Waals surface area contributed by atoms with Gasteiger partial charge in [0.15, 0.2) is 0 Å². The Labute approximate surface area is 32.1 Å². The zero-order chi connectivity index (χ0) is 4.28. The fourth-order valence-electron chi connectivity index (χ4n) is 0. The molecule has 0 aliphatic carbocycles. The van der Waals surface area contributed by atoms with Crippen LogP contribution >= 0.6 is 8.46 Å². The summed E-state index contributed by atoms with van der Waals surface area (Å²) in [6, 6.07) is 0. The second-order valence-electron chi connectivity index (χ2n) is 0.455. The Morgan fingerprint density at radius 1 is 2.50 bits per heavy atom. The third kappa shape index (κ3) is 2.56. The lowest BCUT2D eigenvalue weighted by Gasteiger charge is -1.66. The number of hydrogen-bond donors (Lipinski definition) is 0. The van der Waals surface area contributed by atoms with Crippen LogP contribution in [0.2, 0.25) is 0 Å². The summed E-state index contributed by atoms with van der Waals surface area (Å²) in [5.74, 6) is 0. The monoisotopic (exact) mass is 71.0 g/mol. The molecule has 0 fully saturated rings. The van der Waals surface area contributed by atoms with Gasteiger partial charge < -0.3 is 0 Å². The van der Waals surface area contributed by atoms with Gasteiger partial charge in [-0.15, -0.1) is 0 Å². The van der Waals surface area contributed by atoms with Crippen LogP contribution in [0.15, 0.2) is 0 Å². The largest absolute Gasteiger partial charge is 0.173 e. The Morgan fingerprint density at radius 3 is 2.75 bits per heavy atom. The van der Waals surface area contributed by atoms with E-state index in [-0.39, 0.29) is 6.85 Å². The predicted octanol–water partition coefficient (Wildman–Crippen LogP) is -0.270. The molecule has 0 spiro atoms. The van der Waals surface area contributed by atoms with Gasteiger partial charge in [0.2, 0.25) is 0 Å². The molecule has 0 bridgehead atoms. The highest BCUT2D eigenvalue weighted by Crippen LogP contribution is 1.89. The standard InChI is InChI=1S/CH5B2P/c1-4-3-2/h3-4H,1H3/i3D. The first-order valence-corrected chi connectivity index (χ1v) is 2.70. The maximum Gasteiger partial charge on any atom is 0.0994 e. The zero-order valence-corrected chi connectivity index (χ0v) is 3.65. The minimum atomic E-state index is -0.338. The van der Waals surface area contributed by atoms with E-state index in [4.69, 9.17) is 9.07 Å². The molecule has 2 radical (unpaired) electrons. The van der Waals surface area contributed by atoms with E-state index in [2.05, 4.69) is 0 Å². The van der Waals surface area contributed by atoms with Crippen molar-refractivity contribution in [3.05, 3.63) is 0 Å². The van der Waals surface area contributed by atoms with Crippen molar-refractivity contribution in [2.75, 3.05) is 6.66 Å². The number of rotatable bonds is 1. The van der Waals surface area contributed by atoms with Crippen LogP contribution in [-0.4, -0.2) is 22.6 Å². The molecule has 0 rings (SSSR count). The highest BCUT2D eigenvalue weighted by atomic mass is 31.1. The van der Waals surface area contributed by atoms with Crippen LogP contribution in [0.5, 0.6) is 0 Å². The summed E-state index contributed by atoms with van der Waals surface area (Å²) in [6.07, 6.45) is 0. The molecule has 1 atom stereocenters. The van der Waals surface area contributed by atoms with Gasteiger partial charge in [-0.25, -0.2) is 0 Å². The smallest absolute Gasteiger partial charge is 0.0994 e. The van der Waals surface area contributed by atoms with Gasteiger partial charge >= 0.3 is 0 Å². The summed E-state index contributed by atoms with van der Waals surface area (Å²) in [5, 5.41) is 0. The Balaban J connectivity index is 2.54. The molecule has 0 N–H and O–H groups in total. The zero-order valence-electron chi connectivity index (χ0n) is 3.65. The third-order valence-electron chi connectivity index (χ3n) is 0.167. The van der Waals surface area contributed by atoms with E-state index in [0.29, 0.717) is 8.46 Å². The van der Waals surface area contributed by atoms with Crippen molar-refractivity contribution in [1.82, 2.24) is 0 Å². The fourth-order valence-corrected chi connectivity index (χ4v) is 0. The van der Waals surface area contributed by atoms with E-state index in [1.807, 2.05) is 6.66 Å². The molecule has 3 heteroatoms. The molecule has 0 amide bonds. The molecule has 0 nitrogen and oxygen atoms in total. The van der Waals surface area contributed by atoms with Crippen molar-refractivity contribution in [3.8, 4) is 0 Å². The average molecular weight is 70.7 g/mol. The summed E-state index contributed by atoms with van der Waals surface area (Å²) in [4.78, 5) is 0. The van der Waals surface area contributed by atoms with Gasteiger partial charge in [-0.3, -0.25) is 0 Å². The molecule has 0 aromatic heterocycles. The molecule has 0 saturated heterocycles. The first kappa shape index (κ1) is 2.78. The van der Waals surface area contributed by atoms with Crippen LogP contribution in [0, 0.1) is 0 Å². The van der Waals surface area contributed by atoms with Crippen LogP contribution in [0.4, 0.5) is 0 Å². The van der Waals surface area contributed by atoms with E-state index in [1.165, 1.54) is 0 Å². The van der Waals surface area contributed by atoms with Crippen LogP contribution < -0.4 is 0 Å². The molecule has 4 heavy (non-hydrogen) atoms. The lowest BCUT2D eigenvalue weighted by Crippen LogP contribution is -1.68. The van der Waals surface area contributed by atoms with Crippen LogP contribution in [-0.2, 0) is 0 Å². The van der Waals surface area contributed by atoms with Crippen molar-refractivity contribution in [2.24, 2.45) is 0 Å². The highest BCUT2D eigenvalue weighted by Gasteiger charge is 1.60. The van der Waals surface area contributed by atoms with Crippen molar-refractivity contribution in [2.45, 2.75) is 0 Å². The molecular weight excluding hydrogens is 64.6 g/mol. The van der Waals surface area contributed by atoms with Crippen LogP contribution in [0.1, 0.15) is 0 Å². The minimum Gasteiger partial charge on any atom is -0.173 e. The van der Waals surface area contributed by atoms with Gasteiger partial charge in [0.25, 0.3) is 0 Å². The van der Waals surface area contributed by atoms with Crippen LogP contribution in [0.25, 0.3) is 0 Å². The second kappa shape index (κ2) is 3.56. The van der Waals surface area contributed by atoms with Crippen LogP contribution in [0.3, 0.4) is 0 Å². The lowest BCUT2D eigenvalue weighted by molar-refractivity contribution is 2.51. The van der Waals surface area contributed by atoms with Gasteiger partial charge in [0.1, 0.15) is 0 Å². The van der Waals surface area contributed by atoms with Gasteiger partial charge in [-0.1, -0.05) is 6.66 Å². The van der Waals surface area contributed by atoms with Crippen molar-refractivity contribution in [3.63, 3.8) is 0 Å². The normalized spacial score (nSPS) is 12.8. The van der Waals surface area contributed by atoms with Gasteiger partial charge in [-0.05, 0) is 1.34 Å². The summed E-state index contributed by atoms with van der Waals surface area (Å²) in [6.45, 7) is 1.58. The summed E-state index contributed by atoms with van der Waals surface area (Å²) >= 11 is 0. The maximum atomic E-state index is 6.62. The third-order valence-corrected chi connectivity index (χ3v) is 0.500. The van der Waals surface area contributed by atoms with E-state index in [9.17, 15) is 0 Å². The molecular formula is CH5B2P. The van der Waals surface area contributed by atoms with Gasteiger partial charge in [0, 0.05) is 7.74 Å². The molecule has 20 valence electrons. The first-order chi connectivity index (χ1) is 2.27. The maximum absolute atomic E-state index is 6.62. The summed E-state index contributed by atoms with van der Waals surface area (Å²) < 4.78 is 6.62. The average Bonchev–Trinajstić information content (AvgIpc) is 1.38. The molecule has 1 unspecified atom stereocenters. The van der Waals surface area contributed by atoms with E-state index >= 15 is 0 Å². The Bertz CT molecular complexity index is 23.6. The molecule has 0 aliphatic rings. The lowest BCUT2D eigenvalue weighted by atomic mass is 9.79. The Kier molecular flexibility index (Phi) is 2.47. The minimum absolute atomic E-state index is 0.338.